The van der Waals surface area contributed by atoms with Crippen LogP contribution >= 0.6 is 0 Å². The summed E-state index contributed by atoms with van der Waals surface area (Å²) in [5, 5.41) is 0. The molecule has 1 fully saturated rings. The summed E-state index contributed by atoms with van der Waals surface area (Å²) in [5.41, 5.74) is 0.814. The van der Waals surface area contributed by atoms with Crippen LogP contribution in [0, 0.1) is 0 Å². The molecule has 0 bridgehead atoms. The Labute approximate surface area is 70.7 Å². The molecule has 64 valence electrons. The summed E-state index contributed by atoms with van der Waals surface area (Å²) in [6.07, 6.45) is 4.26. The van der Waals surface area contributed by atoms with Crippen LogP contribution in [0.3, 0.4) is 0 Å². The Balaban J connectivity index is 2.20. The Morgan fingerprint density at radius 2 is 2.42 bits per heavy atom. The molecule has 1 aliphatic carbocycles. The first-order valence-electron chi connectivity index (χ1n) is 3.93. The molecular weight excluding hydrogens is 156 g/mol. The molecule has 1 saturated heterocycles. The zero-order valence-electron chi connectivity index (χ0n) is 6.87. The van der Waals surface area contributed by atoms with Gasteiger partial charge in [0.15, 0.2) is 12.6 Å². The van der Waals surface area contributed by atoms with Crippen LogP contribution in [0.2, 0.25) is 0 Å². The van der Waals surface area contributed by atoms with Gasteiger partial charge in [0.1, 0.15) is 11.9 Å². The molecule has 1 heterocycles. The van der Waals surface area contributed by atoms with Gasteiger partial charge in [0.05, 0.1) is 0 Å². The number of rotatable bonds is 1. The Hall–Kier alpha value is -1.09. The van der Waals surface area contributed by atoms with E-state index in [-0.39, 0.29) is 11.9 Å². The highest BCUT2D eigenvalue weighted by Gasteiger charge is 2.27. The number of allylic oxidation sites excluding steroid dienone is 2. The van der Waals surface area contributed by atoms with E-state index in [1.165, 1.54) is 0 Å². The molecule has 3 heteroatoms. The molecule has 2 rings (SSSR count). The molecule has 0 aromatic rings. The summed E-state index contributed by atoms with van der Waals surface area (Å²) in [5.74, 6) is 0.959. The van der Waals surface area contributed by atoms with Crippen LogP contribution in [-0.4, -0.2) is 18.7 Å². The van der Waals surface area contributed by atoms with Gasteiger partial charge in [-0.3, -0.25) is 4.79 Å². The first-order valence-corrected chi connectivity index (χ1v) is 3.93. The molecule has 2 aliphatic rings. The van der Waals surface area contributed by atoms with Crippen LogP contribution in [0.25, 0.3) is 0 Å². The Kier molecular flexibility index (Phi) is 1.73. The van der Waals surface area contributed by atoms with E-state index in [2.05, 4.69) is 0 Å². The van der Waals surface area contributed by atoms with Crippen LogP contribution < -0.4 is 0 Å². The van der Waals surface area contributed by atoms with E-state index in [9.17, 15) is 4.79 Å². The minimum absolute atomic E-state index is 0.0195. The van der Waals surface area contributed by atoms with Gasteiger partial charge >= 0.3 is 0 Å². The molecule has 0 saturated carbocycles. The zero-order chi connectivity index (χ0) is 8.55. The normalized spacial score (nSPS) is 26.9. The largest absolute Gasteiger partial charge is 0.469 e. The number of carbonyl (C=O) groups is 1. The van der Waals surface area contributed by atoms with Gasteiger partial charge in [0, 0.05) is 6.42 Å². The van der Waals surface area contributed by atoms with Gasteiger partial charge in [0.2, 0.25) is 0 Å². The van der Waals surface area contributed by atoms with Gasteiger partial charge in [-0.05, 0) is 18.6 Å². The summed E-state index contributed by atoms with van der Waals surface area (Å²) in [6, 6.07) is 0. The maximum atomic E-state index is 11.0. The van der Waals surface area contributed by atoms with Crippen molar-refractivity contribution in [1.29, 1.82) is 0 Å². The van der Waals surface area contributed by atoms with Crippen molar-refractivity contribution in [2.45, 2.75) is 19.4 Å². The minimum atomic E-state index is -0.0195. The van der Waals surface area contributed by atoms with Crippen molar-refractivity contribution in [1.82, 2.24) is 0 Å². The topological polar surface area (TPSA) is 35.5 Å². The van der Waals surface area contributed by atoms with Gasteiger partial charge in [-0.25, -0.2) is 0 Å². The lowest BCUT2D eigenvalue weighted by Gasteiger charge is -2.13. The number of ketones is 1. The van der Waals surface area contributed by atoms with Crippen LogP contribution in [0.1, 0.15) is 13.3 Å². The predicted octanol–water partition coefficient (Wildman–Crippen LogP) is 1.16. The Morgan fingerprint density at radius 3 is 3.17 bits per heavy atom. The average Bonchev–Trinajstić information content (AvgIpc) is 2.49. The fraction of sp³-hybridized carbons (Fsp3) is 0.444. The Morgan fingerprint density at radius 1 is 1.58 bits per heavy atom. The van der Waals surface area contributed by atoms with E-state index in [0.717, 1.165) is 11.3 Å². The zero-order valence-corrected chi connectivity index (χ0v) is 6.87. The van der Waals surface area contributed by atoms with Crippen molar-refractivity contribution >= 4 is 5.78 Å². The van der Waals surface area contributed by atoms with Crippen molar-refractivity contribution in [2.75, 3.05) is 6.79 Å². The average molecular weight is 166 g/mol. The highest BCUT2D eigenvalue weighted by Crippen LogP contribution is 2.27. The predicted molar refractivity (Wildman–Crippen MR) is 42.3 cm³/mol. The highest BCUT2D eigenvalue weighted by atomic mass is 16.7. The third kappa shape index (κ3) is 1.16. The second kappa shape index (κ2) is 2.75. The maximum absolute atomic E-state index is 11.0. The van der Waals surface area contributed by atoms with E-state index < -0.39 is 0 Å². The number of ether oxygens (including phenoxy) is 2. The van der Waals surface area contributed by atoms with Crippen molar-refractivity contribution in [3.8, 4) is 0 Å². The van der Waals surface area contributed by atoms with Gasteiger partial charge in [-0.1, -0.05) is 6.08 Å². The smallest absolute Gasteiger partial charge is 0.189 e. The number of hydrogen-bond acceptors (Lipinski definition) is 3. The fourth-order valence-electron chi connectivity index (χ4n) is 1.39. The molecule has 1 atom stereocenters. The first kappa shape index (κ1) is 7.55. The lowest BCUT2D eigenvalue weighted by atomic mass is 9.99. The summed E-state index contributed by atoms with van der Waals surface area (Å²) in [7, 11) is 0. The van der Waals surface area contributed by atoms with E-state index in [1.807, 2.05) is 12.2 Å². The van der Waals surface area contributed by atoms with Crippen LogP contribution in [0.15, 0.2) is 23.5 Å². The Bertz CT molecular complexity index is 275. The number of fused-ring (bicyclic) bond motifs is 1. The molecule has 0 aromatic heterocycles. The van der Waals surface area contributed by atoms with Crippen LogP contribution in [-0.2, 0) is 14.3 Å². The van der Waals surface area contributed by atoms with E-state index in [4.69, 9.17) is 9.47 Å². The molecule has 1 aliphatic heterocycles. The molecule has 3 nitrogen and oxygen atoms in total. The minimum Gasteiger partial charge on any atom is -0.469 e. The SMILES string of the molecule is CC(=O)C1=CC=C2OCOC2C1. The van der Waals surface area contributed by atoms with Crippen molar-refractivity contribution < 1.29 is 14.3 Å². The number of Topliss-reactive ketones (excluding diaryl/α,β-unsaturated/α-hetero) is 1. The number of carbonyl (C=O) groups excluding carboxylic acids is 1. The van der Waals surface area contributed by atoms with Crippen LogP contribution in [0.5, 0.6) is 0 Å². The molecular formula is C9H10O3. The molecule has 0 radical (unpaired) electrons. The van der Waals surface area contributed by atoms with Gasteiger partial charge < -0.3 is 9.47 Å². The second-order valence-electron chi connectivity index (χ2n) is 2.94. The monoisotopic (exact) mass is 166 g/mol. The number of hydrogen-bond donors (Lipinski definition) is 0. The summed E-state index contributed by atoms with van der Waals surface area (Å²) in [4.78, 5) is 11.0. The summed E-state index contributed by atoms with van der Waals surface area (Å²) < 4.78 is 10.4. The third-order valence-corrected chi connectivity index (χ3v) is 2.12. The van der Waals surface area contributed by atoms with Crippen molar-refractivity contribution in [3.05, 3.63) is 23.5 Å². The van der Waals surface area contributed by atoms with Gasteiger partial charge in [-0.15, -0.1) is 0 Å². The highest BCUT2D eigenvalue weighted by molar-refractivity contribution is 5.93. The lowest BCUT2D eigenvalue weighted by molar-refractivity contribution is -0.114. The summed E-state index contributed by atoms with van der Waals surface area (Å²) in [6.45, 7) is 1.88. The lowest BCUT2D eigenvalue weighted by Crippen LogP contribution is -2.15. The first-order chi connectivity index (χ1) is 5.77. The van der Waals surface area contributed by atoms with E-state index in [0.29, 0.717) is 13.2 Å². The maximum Gasteiger partial charge on any atom is 0.189 e. The fourth-order valence-corrected chi connectivity index (χ4v) is 1.39. The van der Waals surface area contributed by atoms with Gasteiger partial charge in [0.25, 0.3) is 0 Å². The molecule has 12 heavy (non-hydrogen) atoms. The molecule has 0 N–H and O–H groups in total. The third-order valence-electron chi connectivity index (χ3n) is 2.12. The second-order valence-corrected chi connectivity index (χ2v) is 2.94. The van der Waals surface area contributed by atoms with Crippen molar-refractivity contribution in [2.24, 2.45) is 0 Å². The van der Waals surface area contributed by atoms with Gasteiger partial charge in [-0.2, -0.15) is 0 Å². The van der Waals surface area contributed by atoms with E-state index >= 15 is 0 Å². The summed E-state index contributed by atoms with van der Waals surface area (Å²) >= 11 is 0. The molecule has 0 amide bonds. The van der Waals surface area contributed by atoms with Crippen molar-refractivity contribution in [3.63, 3.8) is 0 Å². The van der Waals surface area contributed by atoms with Crippen LogP contribution in [0.4, 0.5) is 0 Å². The quantitative estimate of drug-likeness (QED) is 0.586. The molecule has 1 unspecified atom stereocenters. The molecule has 0 spiro atoms. The van der Waals surface area contributed by atoms with E-state index in [1.54, 1.807) is 6.92 Å². The molecule has 0 aromatic carbocycles. The standard InChI is InChI=1S/C9H10O3/c1-6(10)7-2-3-8-9(4-7)12-5-11-8/h2-3,9H,4-5H2,1H3.